The van der Waals surface area contributed by atoms with E-state index in [-0.39, 0.29) is 23.8 Å². The van der Waals surface area contributed by atoms with Crippen LogP contribution in [0.15, 0.2) is 12.3 Å². The van der Waals surface area contributed by atoms with Crippen molar-refractivity contribution in [2.45, 2.75) is 64.5 Å². The highest BCUT2D eigenvalue weighted by Gasteiger charge is 2.35. The molecule has 1 aromatic rings. The fraction of sp³-hybridized carbons (Fsp3) is 0.667. The van der Waals surface area contributed by atoms with E-state index >= 15 is 0 Å². The van der Waals surface area contributed by atoms with Gasteiger partial charge in [-0.1, -0.05) is 19.3 Å². The highest BCUT2D eigenvalue weighted by atomic mass is 16.2. The molecule has 6 heteroatoms. The van der Waals surface area contributed by atoms with Crippen molar-refractivity contribution < 1.29 is 9.59 Å². The van der Waals surface area contributed by atoms with Crippen LogP contribution in [-0.2, 0) is 16.1 Å². The molecule has 1 aromatic heterocycles. The molecule has 1 atom stereocenters. The first-order valence-corrected chi connectivity index (χ1v) is 9.02. The topological polar surface area (TPSA) is 75.2 Å². The number of carbonyl (C=O) groups excluding carboxylic acids is 2. The van der Waals surface area contributed by atoms with Gasteiger partial charge in [-0.3, -0.25) is 9.59 Å². The maximum absolute atomic E-state index is 12.9. The van der Waals surface area contributed by atoms with Crippen LogP contribution in [0.1, 0.15) is 69.4 Å². The second-order valence-corrected chi connectivity index (χ2v) is 6.84. The molecule has 0 spiro atoms. The van der Waals surface area contributed by atoms with Crippen LogP contribution in [0.5, 0.6) is 0 Å². The number of amides is 2. The normalized spacial score (nSPS) is 21.7. The molecule has 24 heavy (non-hydrogen) atoms. The van der Waals surface area contributed by atoms with Crippen LogP contribution >= 0.6 is 0 Å². The third-order valence-electron chi connectivity index (χ3n) is 5.04. The van der Waals surface area contributed by atoms with E-state index in [1.807, 2.05) is 11.0 Å². The van der Waals surface area contributed by atoms with Crippen molar-refractivity contribution >= 4 is 11.8 Å². The lowest BCUT2D eigenvalue weighted by Crippen LogP contribution is -2.37. The van der Waals surface area contributed by atoms with Gasteiger partial charge >= 0.3 is 0 Å². The van der Waals surface area contributed by atoms with Crippen molar-refractivity contribution in [3.8, 4) is 0 Å². The number of carbonyl (C=O) groups is 2. The summed E-state index contributed by atoms with van der Waals surface area (Å²) in [5.41, 5.74) is 0.784. The van der Waals surface area contributed by atoms with E-state index in [2.05, 4.69) is 15.3 Å². The average molecular weight is 330 g/mol. The molecule has 3 rings (SSSR count). The highest BCUT2D eigenvalue weighted by Crippen LogP contribution is 2.34. The quantitative estimate of drug-likeness (QED) is 0.919. The molecule has 2 heterocycles. The van der Waals surface area contributed by atoms with Gasteiger partial charge < -0.3 is 10.2 Å². The van der Waals surface area contributed by atoms with Gasteiger partial charge in [0.25, 0.3) is 0 Å². The van der Waals surface area contributed by atoms with Crippen LogP contribution in [-0.4, -0.2) is 33.2 Å². The summed E-state index contributed by atoms with van der Waals surface area (Å²) >= 11 is 0. The summed E-state index contributed by atoms with van der Waals surface area (Å²) in [5, 5.41) is 2.76. The summed E-state index contributed by atoms with van der Waals surface area (Å²) in [6, 6.07) is 1.79. The summed E-state index contributed by atoms with van der Waals surface area (Å²) in [4.78, 5) is 35.0. The molecule has 0 radical (unpaired) electrons. The van der Waals surface area contributed by atoms with E-state index in [0.29, 0.717) is 12.4 Å². The molecular formula is C18H26N4O2. The first-order chi connectivity index (χ1) is 11.6. The number of hydrogen-bond donors (Lipinski definition) is 1. The molecule has 0 unspecified atom stereocenters. The first-order valence-electron chi connectivity index (χ1n) is 9.02. The summed E-state index contributed by atoms with van der Waals surface area (Å²) in [6.07, 6.45) is 9.26. The number of nitrogens with zero attached hydrogens (tertiary/aromatic N) is 3. The third-order valence-corrected chi connectivity index (χ3v) is 5.04. The predicted octanol–water partition coefficient (Wildman–Crippen LogP) is 2.36. The van der Waals surface area contributed by atoms with Crippen LogP contribution in [0.2, 0.25) is 0 Å². The smallest absolute Gasteiger partial charge is 0.226 e. The SMILES string of the molecule is CC(=O)NCc1ccnc([C@H]2CCCN2C(=O)C2CCCCC2)n1. The van der Waals surface area contributed by atoms with Crippen molar-refractivity contribution in [1.29, 1.82) is 0 Å². The van der Waals surface area contributed by atoms with Crippen molar-refractivity contribution in [2.24, 2.45) is 5.92 Å². The van der Waals surface area contributed by atoms with Crippen LogP contribution in [0.3, 0.4) is 0 Å². The second-order valence-electron chi connectivity index (χ2n) is 6.84. The Balaban J connectivity index is 1.71. The maximum Gasteiger partial charge on any atom is 0.226 e. The van der Waals surface area contributed by atoms with E-state index in [4.69, 9.17) is 0 Å². The number of hydrogen-bond acceptors (Lipinski definition) is 4. The minimum absolute atomic E-state index is 0.0169. The third kappa shape index (κ3) is 3.91. The summed E-state index contributed by atoms with van der Waals surface area (Å²) < 4.78 is 0. The Hall–Kier alpha value is -1.98. The van der Waals surface area contributed by atoms with Gasteiger partial charge in [-0.25, -0.2) is 9.97 Å². The molecule has 130 valence electrons. The van der Waals surface area contributed by atoms with Crippen molar-refractivity contribution in [3.63, 3.8) is 0 Å². The lowest BCUT2D eigenvalue weighted by atomic mass is 9.88. The van der Waals surface area contributed by atoms with E-state index in [0.717, 1.165) is 50.8 Å². The fourth-order valence-corrected chi connectivity index (χ4v) is 3.77. The van der Waals surface area contributed by atoms with E-state index in [9.17, 15) is 9.59 Å². The molecule has 1 aliphatic carbocycles. The van der Waals surface area contributed by atoms with E-state index < -0.39 is 0 Å². The lowest BCUT2D eigenvalue weighted by Gasteiger charge is -2.30. The van der Waals surface area contributed by atoms with E-state index in [1.54, 1.807) is 6.20 Å². The van der Waals surface area contributed by atoms with Gasteiger partial charge in [0.2, 0.25) is 11.8 Å². The zero-order valence-corrected chi connectivity index (χ0v) is 14.3. The van der Waals surface area contributed by atoms with Gasteiger partial charge in [0, 0.05) is 25.6 Å². The van der Waals surface area contributed by atoms with Gasteiger partial charge in [-0.15, -0.1) is 0 Å². The molecule has 1 aliphatic heterocycles. The largest absolute Gasteiger partial charge is 0.351 e. The molecule has 2 aliphatic rings. The van der Waals surface area contributed by atoms with Crippen molar-refractivity contribution in [3.05, 3.63) is 23.8 Å². The molecule has 0 aromatic carbocycles. The van der Waals surface area contributed by atoms with Crippen LogP contribution in [0.4, 0.5) is 0 Å². The number of rotatable bonds is 4. The van der Waals surface area contributed by atoms with Crippen molar-refractivity contribution in [1.82, 2.24) is 20.2 Å². The zero-order valence-electron chi connectivity index (χ0n) is 14.3. The van der Waals surface area contributed by atoms with Gasteiger partial charge in [-0.2, -0.15) is 0 Å². The average Bonchev–Trinajstić information content (AvgIpc) is 3.10. The molecule has 2 amide bonds. The molecule has 6 nitrogen and oxygen atoms in total. The van der Waals surface area contributed by atoms with Crippen molar-refractivity contribution in [2.75, 3.05) is 6.54 Å². The standard InChI is InChI=1S/C18H26N4O2/c1-13(23)20-12-15-9-10-19-17(21-15)16-8-5-11-22(16)18(24)14-6-3-2-4-7-14/h9-10,14,16H,2-8,11-12H2,1H3,(H,20,23)/t16-/m1/s1. The minimum atomic E-state index is -0.0786. The van der Waals surface area contributed by atoms with E-state index in [1.165, 1.54) is 13.3 Å². The molecule has 0 bridgehead atoms. The van der Waals surface area contributed by atoms with Gasteiger partial charge in [0.1, 0.15) is 0 Å². The van der Waals surface area contributed by atoms with Gasteiger partial charge in [-0.05, 0) is 31.7 Å². The Bertz CT molecular complexity index is 598. The fourth-order valence-electron chi connectivity index (χ4n) is 3.77. The molecule has 2 fully saturated rings. The summed E-state index contributed by atoms with van der Waals surface area (Å²) in [6.45, 7) is 2.69. The van der Waals surface area contributed by atoms with Gasteiger partial charge in [0.05, 0.1) is 18.3 Å². The molecule has 1 N–H and O–H groups in total. The number of likely N-dealkylation sites (tertiary alicyclic amines) is 1. The first kappa shape index (κ1) is 16.9. The zero-order chi connectivity index (χ0) is 16.9. The Labute approximate surface area is 143 Å². The monoisotopic (exact) mass is 330 g/mol. The Morgan fingerprint density at radius 3 is 2.75 bits per heavy atom. The Morgan fingerprint density at radius 2 is 2.00 bits per heavy atom. The Kier molecular flexibility index (Phi) is 5.43. The molecule has 1 saturated heterocycles. The number of aromatic nitrogens is 2. The minimum Gasteiger partial charge on any atom is -0.351 e. The number of nitrogens with one attached hydrogen (secondary N) is 1. The maximum atomic E-state index is 12.9. The van der Waals surface area contributed by atoms with Crippen LogP contribution in [0, 0.1) is 5.92 Å². The Morgan fingerprint density at radius 1 is 1.21 bits per heavy atom. The second kappa shape index (κ2) is 7.73. The van der Waals surface area contributed by atoms with Crippen LogP contribution < -0.4 is 5.32 Å². The highest BCUT2D eigenvalue weighted by molar-refractivity contribution is 5.79. The lowest BCUT2D eigenvalue weighted by molar-refractivity contribution is -0.137. The predicted molar refractivity (Wildman–Crippen MR) is 89.8 cm³/mol. The summed E-state index contributed by atoms with van der Waals surface area (Å²) in [7, 11) is 0. The van der Waals surface area contributed by atoms with Gasteiger partial charge in [0.15, 0.2) is 5.82 Å². The molecular weight excluding hydrogens is 304 g/mol. The summed E-state index contributed by atoms with van der Waals surface area (Å²) in [5.74, 6) is 1.10. The molecule has 1 saturated carbocycles. The van der Waals surface area contributed by atoms with Crippen LogP contribution in [0.25, 0.3) is 0 Å².